The second-order valence-corrected chi connectivity index (χ2v) is 5.96. The number of thiazole rings is 1. The summed E-state index contributed by atoms with van der Waals surface area (Å²) in [5, 5.41) is 19.6. The summed E-state index contributed by atoms with van der Waals surface area (Å²) in [5.74, 6) is 0.216. The van der Waals surface area contributed by atoms with Gasteiger partial charge < -0.3 is 10.6 Å². The highest BCUT2D eigenvalue weighted by Crippen LogP contribution is 2.33. The van der Waals surface area contributed by atoms with Crippen LogP contribution < -0.4 is 10.6 Å². The third kappa shape index (κ3) is 3.30. The van der Waals surface area contributed by atoms with Gasteiger partial charge in [0.1, 0.15) is 6.33 Å². The van der Waals surface area contributed by atoms with E-state index in [0.29, 0.717) is 5.13 Å². The van der Waals surface area contributed by atoms with Gasteiger partial charge >= 0.3 is 5.69 Å². The largest absolute Gasteiger partial charge is 0.353 e. The zero-order valence-corrected chi connectivity index (χ0v) is 13.8. The Kier molecular flexibility index (Phi) is 4.34. The molecule has 0 aliphatic rings. The fourth-order valence-corrected chi connectivity index (χ4v) is 2.60. The van der Waals surface area contributed by atoms with Gasteiger partial charge in [0.15, 0.2) is 5.13 Å². The minimum Gasteiger partial charge on any atom is -0.334 e. The SMILES string of the molecule is Cc1ccc(Nc2ncnc(Nc3nccs3)c2[N+](=O)[O-])cc1C. The van der Waals surface area contributed by atoms with E-state index in [1.807, 2.05) is 32.0 Å². The number of hydrogen-bond acceptors (Lipinski definition) is 8. The fraction of sp³-hybridized carbons (Fsp3) is 0.133. The molecule has 0 spiro atoms. The van der Waals surface area contributed by atoms with E-state index in [9.17, 15) is 10.1 Å². The standard InChI is InChI=1S/C15H14N6O2S/c1-9-3-4-11(7-10(9)2)19-13-12(21(22)23)14(18-8-17-13)20-15-16-5-6-24-15/h3-8H,1-2H3,(H2,16,17,18,19,20). The Labute approximate surface area is 141 Å². The Hall–Kier alpha value is -3.07. The molecule has 0 amide bonds. The molecule has 0 bridgehead atoms. The van der Waals surface area contributed by atoms with Crippen molar-refractivity contribution in [2.45, 2.75) is 13.8 Å². The first-order chi connectivity index (χ1) is 11.5. The van der Waals surface area contributed by atoms with Crippen molar-refractivity contribution in [3.8, 4) is 0 Å². The van der Waals surface area contributed by atoms with Crippen LogP contribution >= 0.6 is 11.3 Å². The van der Waals surface area contributed by atoms with Gasteiger partial charge in [0.05, 0.1) is 4.92 Å². The topological polar surface area (TPSA) is 106 Å². The minimum absolute atomic E-state index is 0.0938. The molecule has 3 rings (SSSR count). The molecule has 2 aromatic heterocycles. The lowest BCUT2D eigenvalue weighted by Gasteiger charge is -2.10. The summed E-state index contributed by atoms with van der Waals surface area (Å²) >= 11 is 1.33. The lowest BCUT2D eigenvalue weighted by atomic mass is 10.1. The van der Waals surface area contributed by atoms with Crippen LogP contribution in [0.3, 0.4) is 0 Å². The predicted octanol–water partition coefficient (Wildman–Crippen LogP) is 3.95. The maximum Gasteiger partial charge on any atom is 0.353 e. The van der Waals surface area contributed by atoms with Crippen molar-refractivity contribution in [2.75, 3.05) is 10.6 Å². The minimum atomic E-state index is -0.515. The third-order valence-corrected chi connectivity index (χ3v) is 4.12. The van der Waals surface area contributed by atoms with E-state index in [2.05, 4.69) is 25.6 Å². The predicted molar refractivity (Wildman–Crippen MR) is 93.3 cm³/mol. The number of anilines is 4. The molecular formula is C15H14N6O2S. The van der Waals surface area contributed by atoms with Crippen molar-refractivity contribution in [1.82, 2.24) is 15.0 Å². The van der Waals surface area contributed by atoms with E-state index in [4.69, 9.17) is 0 Å². The first kappa shape index (κ1) is 15.8. The Morgan fingerprint density at radius 2 is 1.83 bits per heavy atom. The number of rotatable bonds is 5. The van der Waals surface area contributed by atoms with Gasteiger partial charge in [-0.15, -0.1) is 11.3 Å². The van der Waals surface area contributed by atoms with Gasteiger partial charge in [-0.25, -0.2) is 15.0 Å². The van der Waals surface area contributed by atoms with Gasteiger partial charge in [0.25, 0.3) is 0 Å². The number of aryl methyl sites for hydroxylation is 2. The Morgan fingerprint density at radius 3 is 2.46 bits per heavy atom. The highest BCUT2D eigenvalue weighted by Gasteiger charge is 2.23. The van der Waals surface area contributed by atoms with E-state index >= 15 is 0 Å². The number of nitrogens with one attached hydrogen (secondary N) is 2. The zero-order valence-electron chi connectivity index (χ0n) is 13.0. The van der Waals surface area contributed by atoms with Gasteiger partial charge in [-0.3, -0.25) is 10.1 Å². The van der Waals surface area contributed by atoms with Crippen molar-refractivity contribution >= 4 is 39.5 Å². The molecule has 3 aromatic rings. The van der Waals surface area contributed by atoms with E-state index < -0.39 is 4.92 Å². The molecule has 0 aliphatic carbocycles. The van der Waals surface area contributed by atoms with Gasteiger partial charge in [-0.05, 0) is 37.1 Å². The molecular weight excluding hydrogens is 328 g/mol. The summed E-state index contributed by atoms with van der Waals surface area (Å²) in [5.41, 5.74) is 2.72. The van der Waals surface area contributed by atoms with Crippen LogP contribution in [0, 0.1) is 24.0 Å². The van der Waals surface area contributed by atoms with Gasteiger partial charge in [0.2, 0.25) is 11.6 Å². The second kappa shape index (κ2) is 6.59. The normalized spacial score (nSPS) is 10.4. The lowest BCUT2D eigenvalue weighted by molar-refractivity contribution is -0.383. The monoisotopic (exact) mass is 342 g/mol. The third-order valence-electron chi connectivity index (χ3n) is 3.43. The van der Waals surface area contributed by atoms with Gasteiger partial charge in [0, 0.05) is 17.3 Å². The molecule has 1 aromatic carbocycles. The summed E-state index contributed by atoms with van der Waals surface area (Å²) in [6, 6.07) is 5.70. The molecule has 0 radical (unpaired) electrons. The number of nitro groups is 1. The van der Waals surface area contributed by atoms with E-state index in [1.165, 1.54) is 17.7 Å². The van der Waals surface area contributed by atoms with Crippen molar-refractivity contribution in [3.05, 3.63) is 57.3 Å². The first-order valence-electron chi connectivity index (χ1n) is 7.05. The van der Waals surface area contributed by atoms with Crippen molar-refractivity contribution in [3.63, 3.8) is 0 Å². The number of benzene rings is 1. The first-order valence-corrected chi connectivity index (χ1v) is 7.93. The van der Waals surface area contributed by atoms with E-state index in [1.54, 1.807) is 11.6 Å². The zero-order chi connectivity index (χ0) is 17.1. The maximum absolute atomic E-state index is 11.5. The van der Waals surface area contributed by atoms with Crippen LogP contribution in [0.5, 0.6) is 0 Å². The van der Waals surface area contributed by atoms with E-state index in [-0.39, 0.29) is 17.3 Å². The summed E-state index contributed by atoms with van der Waals surface area (Å²) in [6.07, 6.45) is 2.88. The van der Waals surface area contributed by atoms with Crippen molar-refractivity contribution in [1.29, 1.82) is 0 Å². The van der Waals surface area contributed by atoms with E-state index in [0.717, 1.165) is 16.8 Å². The number of hydrogen-bond donors (Lipinski definition) is 2. The molecule has 2 heterocycles. The highest BCUT2D eigenvalue weighted by atomic mass is 32.1. The molecule has 24 heavy (non-hydrogen) atoms. The fourth-order valence-electron chi connectivity index (χ4n) is 2.08. The van der Waals surface area contributed by atoms with Crippen LogP contribution in [-0.4, -0.2) is 19.9 Å². The number of aromatic nitrogens is 3. The molecule has 2 N–H and O–H groups in total. The van der Waals surface area contributed by atoms with Crippen LogP contribution in [0.2, 0.25) is 0 Å². The van der Waals surface area contributed by atoms with Crippen LogP contribution in [0.4, 0.5) is 28.1 Å². The van der Waals surface area contributed by atoms with Crippen molar-refractivity contribution in [2.24, 2.45) is 0 Å². The quantitative estimate of drug-likeness (QED) is 0.534. The average Bonchev–Trinajstić information content (AvgIpc) is 3.04. The molecule has 0 unspecified atom stereocenters. The second-order valence-electron chi connectivity index (χ2n) is 5.06. The molecule has 0 fully saturated rings. The molecule has 0 saturated carbocycles. The highest BCUT2D eigenvalue weighted by molar-refractivity contribution is 7.13. The molecule has 9 heteroatoms. The summed E-state index contributed by atoms with van der Waals surface area (Å²) in [4.78, 5) is 23.0. The smallest absolute Gasteiger partial charge is 0.334 e. The van der Waals surface area contributed by atoms with Gasteiger partial charge in [-0.2, -0.15) is 0 Å². The van der Waals surface area contributed by atoms with Gasteiger partial charge in [-0.1, -0.05) is 6.07 Å². The summed E-state index contributed by atoms with van der Waals surface area (Å²) in [7, 11) is 0. The molecule has 0 saturated heterocycles. The Balaban J connectivity index is 1.97. The van der Waals surface area contributed by atoms with Crippen molar-refractivity contribution < 1.29 is 4.92 Å². The molecule has 0 atom stereocenters. The lowest BCUT2D eigenvalue weighted by Crippen LogP contribution is -2.05. The Morgan fingerprint density at radius 1 is 1.08 bits per heavy atom. The number of nitrogens with zero attached hydrogens (tertiary/aromatic N) is 4. The Bertz CT molecular complexity index is 882. The van der Waals surface area contributed by atoms with Crippen LogP contribution in [0.25, 0.3) is 0 Å². The summed E-state index contributed by atoms with van der Waals surface area (Å²) in [6.45, 7) is 3.98. The van der Waals surface area contributed by atoms with Crippen LogP contribution in [0.15, 0.2) is 36.1 Å². The molecule has 0 aliphatic heterocycles. The van der Waals surface area contributed by atoms with Crippen LogP contribution in [0.1, 0.15) is 11.1 Å². The summed E-state index contributed by atoms with van der Waals surface area (Å²) < 4.78 is 0. The maximum atomic E-state index is 11.5. The van der Waals surface area contributed by atoms with Crippen LogP contribution in [-0.2, 0) is 0 Å². The molecule has 8 nitrogen and oxygen atoms in total. The average molecular weight is 342 g/mol. The molecule has 122 valence electrons.